The fourth-order valence-corrected chi connectivity index (χ4v) is 6.08. The first-order valence-electron chi connectivity index (χ1n) is 11.8. The molecular formula is C30H19BrClN3O2S. The molecule has 1 aliphatic heterocycles. The van der Waals surface area contributed by atoms with Gasteiger partial charge in [-0.3, -0.25) is 9.59 Å². The number of amides is 1. The highest BCUT2D eigenvalue weighted by molar-refractivity contribution is 9.10. The van der Waals surface area contributed by atoms with Gasteiger partial charge in [-0.15, -0.1) is 0 Å². The van der Waals surface area contributed by atoms with Crippen LogP contribution in [0, 0.1) is 0 Å². The molecule has 1 saturated heterocycles. The molecular weight excluding hydrogens is 582 g/mol. The highest BCUT2D eigenvalue weighted by atomic mass is 79.9. The summed E-state index contributed by atoms with van der Waals surface area (Å²) in [7, 11) is 0. The first-order chi connectivity index (χ1) is 18.5. The predicted molar refractivity (Wildman–Crippen MR) is 159 cm³/mol. The number of para-hydroxylation sites is 1. The first kappa shape index (κ1) is 24.7. The quantitative estimate of drug-likeness (QED) is 0.201. The maximum atomic E-state index is 14.1. The largest absolute Gasteiger partial charge is 0.280 e. The van der Waals surface area contributed by atoms with Crippen molar-refractivity contribution in [2.24, 2.45) is 0 Å². The second-order valence-corrected chi connectivity index (χ2v) is 11.1. The Morgan fingerprint density at radius 1 is 0.868 bits per heavy atom. The maximum absolute atomic E-state index is 14.1. The first-order valence-corrected chi connectivity index (χ1v) is 13.8. The average molecular weight is 601 g/mol. The molecule has 0 radical (unpaired) electrons. The lowest BCUT2D eigenvalue weighted by Crippen LogP contribution is -2.45. The van der Waals surface area contributed by atoms with Crippen molar-refractivity contribution in [3.63, 3.8) is 0 Å². The summed E-state index contributed by atoms with van der Waals surface area (Å²) in [5.41, 5.74) is 2.65. The van der Waals surface area contributed by atoms with Crippen LogP contribution >= 0.6 is 39.3 Å². The zero-order valence-corrected chi connectivity index (χ0v) is 23.0. The van der Waals surface area contributed by atoms with E-state index in [4.69, 9.17) is 16.6 Å². The van der Waals surface area contributed by atoms with Crippen molar-refractivity contribution in [2.75, 3.05) is 5.01 Å². The lowest BCUT2D eigenvalue weighted by Gasteiger charge is -2.27. The molecule has 1 fully saturated rings. The van der Waals surface area contributed by atoms with E-state index in [1.165, 1.54) is 21.4 Å². The van der Waals surface area contributed by atoms with Crippen LogP contribution in [0.2, 0.25) is 5.02 Å². The second kappa shape index (κ2) is 10.3. The van der Waals surface area contributed by atoms with Gasteiger partial charge in [0.15, 0.2) is 5.82 Å². The number of halogens is 2. The molecule has 6 rings (SSSR count). The highest BCUT2D eigenvalue weighted by Crippen LogP contribution is 2.46. The van der Waals surface area contributed by atoms with Crippen LogP contribution in [-0.4, -0.2) is 15.6 Å². The standard InChI is InChI=1S/C30H19BrClN3O2S/c31-22-15-13-19(14-16-22)17-26-29(37)35(30(38-26)21-9-6-10-23(32)18-21)34-27(20-7-2-1-3-8-20)33-25-12-5-4-11-24(25)28(34)36/h1-18,30H/b26-17-. The Morgan fingerprint density at radius 2 is 1.61 bits per heavy atom. The lowest BCUT2D eigenvalue weighted by molar-refractivity contribution is -0.115. The van der Waals surface area contributed by atoms with Crippen molar-refractivity contribution in [3.05, 3.63) is 139 Å². The number of fused-ring (bicyclic) bond motifs is 1. The van der Waals surface area contributed by atoms with Crippen LogP contribution in [0.4, 0.5) is 0 Å². The van der Waals surface area contributed by atoms with Crippen LogP contribution in [0.3, 0.4) is 0 Å². The predicted octanol–water partition coefficient (Wildman–Crippen LogP) is 7.43. The fourth-order valence-electron chi connectivity index (χ4n) is 4.41. The van der Waals surface area contributed by atoms with Crippen LogP contribution in [0.5, 0.6) is 0 Å². The van der Waals surface area contributed by atoms with Crippen LogP contribution in [0.1, 0.15) is 16.5 Å². The zero-order chi connectivity index (χ0) is 26.2. The number of nitrogens with zero attached hydrogens (tertiary/aromatic N) is 3. The minimum absolute atomic E-state index is 0.292. The van der Waals surface area contributed by atoms with Crippen LogP contribution in [-0.2, 0) is 4.79 Å². The Bertz CT molecular complexity index is 1770. The van der Waals surface area contributed by atoms with Gasteiger partial charge in [-0.1, -0.05) is 106 Å². The summed E-state index contributed by atoms with van der Waals surface area (Å²) >= 11 is 11.2. The van der Waals surface area contributed by atoms with E-state index in [-0.39, 0.29) is 11.5 Å². The number of hydrogen-bond acceptors (Lipinski definition) is 4. The Balaban J connectivity index is 1.60. The fraction of sp³-hybridized carbons (Fsp3) is 0.0333. The summed E-state index contributed by atoms with van der Waals surface area (Å²) < 4.78 is 2.37. The molecule has 1 amide bonds. The van der Waals surface area contributed by atoms with Gasteiger partial charge in [0, 0.05) is 15.1 Å². The Kier molecular flexibility index (Phi) is 6.66. The third-order valence-electron chi connectivity index (χ3n) is 6.18. The van der Waals surface area contributed by atoms with Gasteiger partial charge >= 0.3 is 0 Å². The van der Waals surface area contributed by atoms with E-state index >= 15 is 0 Å². The van der Waals surface area contributed by atoms with E-state index in [1.807, 2.05) is 84.9 Å². The molecule has 8 heteroatoms. The minimum atomic E-state index is -0.536. The molecule has 0 aliphatic carbocycles. The SMILES string of the molecule is O=C1/C(=C/c2ccc(Br)cc2)SC(c2cccc(Cl)c2)N1n1c(-c2ccccc2)nc2ccccc2c1=O. The number of hydrogen-bond donors (Lipinski definition) is 0. The highest BCUT2D eigenvalue weighted by Gasteiger charge is 2.41. The number of aromatic nitrogens is 2. The molecule has 1 unspecified atom stereocenters. The van der Waals surface area contributed by atoms with Gasteiger partial charge in [0.05, 0.1) is 15.8 Å². The normalized spacial score (nSPS) is 16.5. The van der Waals surface area contributed by atoms with Gasteiger partial charge in [0.1, 0.15) is 5.37 Å². The summed E-state index contributed by atoms with van der Waals surface area (Å²) in [6, 6.07) is 31.7. The molecule has 1 aliphatic rings. The maximum Gasteiger partial charge on any atom is 0.280 e. The summed E-state index contributed by atoms with van der Waals surface area (Å²) in [6.45, 7) is 0. The van der Waals surface area contributed by atoms with Crippen molar-refractivity contribution in [1.82, 2.24) is 9.66 Å². The summed E-state index contributed by atoms with van der Waals surface area (Å²) in [5, 5.41) is 1.95. The molecule has 38 heavy (non-hydrogen) atoms. The van der Waals surface area contributed by atoms with Gasteiger partial charge in [-0.25, -0.2) is 9.99 Å². The molecule has 1 aromatic heterocycles. The molecule has 5 nitrogen and oxygen atoms in total. The van der Waals surface area contributed by atoms with Gasteiger partial charge in [0.2, 0.25) is 0 Å². The molecule has 5 aromatic rings. The summed E-state index contributed by atoms with van der Waals surface area (Å²) in [6.07, 6.45) is 1.85. The molecule has 0 spiro atoms. The Labute approximate surface area is 236 Å². The van der Waals surface area contributed by atoms with Gasteiger partial charge in [-0.2, -0.15) is 4.68 Å². The third kappa shape index (κ3) is 4.58. The van der Waals surface area contributed by atoms with E-state index in [2.05, 4.69) is 15.9 Å². The van der Waals surface area contributed by atoms with E-state index in [0.717, 1.165) is 21.2 Å². The molecule has 0 N–H and O–H groups in total. The number of thioether (sulfide) groups is 1. The van der Waals surface area contributed by atoms with Crippen molar-refractivity contribution in [3.8, 4) is 11.4 Å². The molecule has 0 saturated carbocycles. The molecule has 186 valence electrons. The Hall–Kier alpha value is -3.65. The van der Waals surface area contributed by atoms with Gasteiger partial charge in [0.25, 0.3) is 11.5 Å². The van der Waals surface area contributed by atoms with Crippen molar-refractivity contribution in [1.29, 1.82) is 0 Å². The monoisotopic (exact) mass is 599 g/mol. The van der Waals surface area contributed by atoms with Gasteiger partial charge < -0.3 is 0 Å². The molecule has 4 aromatic carbocycles. The summed E-state index contributed by atoms with van der Waals surface area (Å²) in [4.78, 5) is 33.6. The van der Waals surface area contributed by atoms with Crippen molar-refractivity contribution in [2.45, 2.75) is 5.37 Å². The number of carbonyl (C=O) groups is 1. The topological polar surface area (TPSA) is 55.2 Å². The van der Waals surface area contributed by atoms with E-state index < -0.39 is 5.37 Å². The summed E-state index contributed by atoms with van der Waals surface area (Å²) in [5.74, 6) is 0.0967. The minimum Gasteiger partial charge on any atom is -0.267 e. The van der Waals surface area contributed by atoms with Crippen molar-refractivity contribution < 1.29 is 4.79 Å². The molecule has 1 atom stereocenters. The van der Waals surface area contributed by atoms with E-state index in [0.29, 0.717) is 26.7 Å². The zero-order valence-electron chi connectivity index (χ0n) is 19.8. The molecule has 2 heterocycles. The number of carbonyl (C=O) groups excluding carboxylic acids is 1. The van der Waals surface area contributed by atoms with Gasteiger partial charge in [-0.05, 0) is 53.6 Å². The average Bonchev–Trinajstić information content (AvgIpc) is 3.25. The van der Waals surface area contributed by atoms with Crippen molar-refractivity contribution >= 4 is 62.2 Å². The lowest BCUT2D eigenvalue weighted by atomic mass is 10.1. The number of benzene rings is 4. The van der Waals surface area contributed by atoms with E-state index in [1.54, 1.807) is 24.3 Å². The molecule has 0 bridgehead atoms. The van der Waals surface area contributed by atoms with E-state index in [9.17, 15) is 9.59 Å². The van der Waals surface area contributed by atoms with Crippen LogP contribution in [0.15, 0.2) is 117 Å². The van der Waals surface area contributed by atoms with Crippen LogP contribution in [0.25, 0.3) is 28.4 Å². The smallest absolute Gasteiger partial charge is 0.267 e. The van der Waals surface area contributed by atoms with Crippen LogP contribution < -0.4 is 10.6 Å². The Morgan fingerprint density at radius 3 is 2.37 bits per heavy atom. The third-order valence-corrected chi connectivity index (χ3v) is 8.19. The number of rotatable bonds is 4. The second-order valence-electron chi connectivity index (χ2n) is 8.67.